The summed E-state index contributed by atoms with van der Waals surface area (Å²) >= 11 is 0. The Kier molecular flexibility index (Phi) is 4.32. The number of para-hydroxylation sites is 1. The van der Waals surface area contributed by atoms with Crippen LogP contribution in [-0.2, 0) is 6.54 Å². The number of ether oxygens (including phenoxy) is 2. The van der Waals surface area contributed by atoms with E-state index in [1.54, 1.807) is 14.2 Å². The first-order valence-corrected chi connectivity index (χ1v) is 6.74. The van der Waals surface area contributed by atoms with Crippen LogP contribution in [0.1, 0.15) is 19.4 Å². The van der Waals surface area contributed by atoms with Gasteiger partial charge in [0.2, 0.25) is 0 Å². The third-order valence-corrected chi connectivity index (χ3v) is 3.82. The molecule has 0 unspecified atom stereocenters. The molecule has 1 saturated heterocycles. The minimum atomic E-state index is 0.159. The maximum Gasteiger partial charge on any atom is 0.165 e. The van der Waals surface area contributed by atoms with Gasteiger partial charge >= 0.3 is 0 Å². The lowest BCUT2D eigenvalue weighted by atomic mass is 9.99. The zero-order valence-corrected chi connectivity index (χ0v) is 12.3. The highest BCUT2D eigenvalue weighted by Gasteiger charge is 2.30. The quantitative estimate of drug-likeness (QED) is 0.900. The number of piperazine rings is 1. The van der Waals surface area contributed by atoms with Gasteiger partial charge in [-0.15, -0.1) is 0 Å². The average Bonchev–Trinajstić information content (AvgIpc) is 2.40. The van der Waals surface area contributed by atoms with Crippen LogP contribution in [0.2, 0.25) is 0 Å². The number of hydrogen-bond acceptors (Lipinski definition) is 4. The highest BCUT2D eigenvalue weighted by Crippen LogP contribution is 2.32. The van der Waals surface area contributed by atoms with Gasteiger partial charge in [0.25, 0.3) is 0 Å². The van der Waals surface area contributed by atoms with E-state index in [-0.39, 0.29) is 5.54 Å². The van der Waals surface area contributed by atoms with Crippen molar-refractivity contribution in [2.75, 3.05) is 33.9 Å². The molecule has 106 valence electrons. The Morgan fingerprint density at radius 1 is 1.26 bits per heavy atom. The van der Waals surface area contributed by atoms with Crippen molar-refractivity contribution in [3.63, 3.8) is 0 Å². The van der Waals surface area contributed by atoms with Gasteiger partial charge in [-0.3, -0.25) is 4.90 Å². The van der Waals surface area contributed by atoms with E-state index >= 15 is 0 Å². The molecule has 0 bridgehead atoms. The van der Waals surface area contributed by atoms with E-state index in [0.29, 0.717) is 0 Å². The third-order valence-electron chi connectivity index (χ3n) is 3.82. The number of methoxy groups -OCH3 is 2. The summed E-state index contributed by atoms with van der Waals surface area (Å²) in [5, 5.41) is 3.44. The molecule has 4 nitrogen and oxygen atoms in total. The van der Waals surface area contributed by atoms with Crippen LogP contribution in [0.15, 0.2) is 18.2 Å². The molecule has 0 aromatic heterocycles. The van der Waals surface area contributed by atoms with Crippen LogP contribution >= 0.6 is 0 Å². The molecule has 4 heteroatoms. The van der Waals surface area contributed by atoms with E-state index < -0.39 is 0 Å². The summed E-state index contributed by atoms with van der Waals surface area (Å²) in [6.45, 7) is 8.52. The van der Waals surface area contributed by atoms with E-state index in [1.165, 1.54) is 5.56 Å². The van der Waals surface area contributed by atoms with Crippen molar-refractivity contribution in [2.45, 2.75) is 25.9 Å². The molecule has 1 aromatic carbocycles. The molecular formula is C15H24N2O2. The van der Waals surface area contributed by atoms with Crippen molar-refractivity contribution in [1.82, 2.24) is 10.2 Å². The Labute approximate surface area is 115 Å². The first kappa shape index (κ1) is 14.2. The average molecular weight is 264 g/mol. The lowest BCUT2D eigenvalue weighted by molar-refractivity contribution is 0.0817. The second-order valence-electron chi connectivity index (χ2n) is 5.56. The van der Waals surface area contributed by atoms with Crippen molar-refractivity contribution < 1.29 is 9.47 Å². The van der Waals surface area contributed by atoms with Crippen LogP contribution in [-0.4, -0.2) is 44.3 Å². The van der Waals surface area contributed by atoms with Gasteiger partial charge in [0.1, 0.15) is 0 Å². The number of nitrogens with one attached hydrogen (secondary N) is 1. The first-order chi connectivity index (χ1) is 9.08. The molecule has 0 amide bonds. The summed E-state index contributed by atoms with van der Waals surface area (Å²) in [5.74, 6) is 1.65. The van der Waals surface area contributed by atoms with Crippen LogP contribution < -0.4 is 14.8 Å². The monoisotopic (exact) mass is 264 g/mol. The molecule has 2 rings (SSSR count). The fourth-order valence-electron chi connectivity index (χ4n) is 2.60. The van der Waals surface area contributed by atoms with E-state index in [0.717, 1.165) is 37.7 Å². The summed E-state index contributed by atoms with van der Waals surface area (Å²) < 4.78 is 10.9. The van der Waals surface area contributed by atoms with Gasteiger partial charge in [-0.1, -0.05) is 12.1 Å². The molecule has 19 heavy (non-hydrogen) atoms. The topological polar surface area (TPSA) is 33.7 Å². The maximum atomic E-state index is 5.51. The van der Waals surface area contributed by atoms with E-state index in [4.69, 9.17) is 9.47 Å². The number of hydrogen-bond donors (Lipinski definition) is 1. The summed E-state index contributed by atoms with van der Waals surface area (Å²) in [4.78, 5) is 2.49. The molecule has 0 spiro atoms. The minimum Gasteiger partial charge on any atom is -0.493 e. The van der Waals surface area contributed by atoms with Crippen LogP contribution in [0.3, 0.4) is 0 Å². The Bertz CT molecular complexity index is 432. The smallest absolute Gasteiger partial charge is 0.165 e. The predicted molar refractivity (Wildman–Crippen MR) is 76.9 cm³/mol. The second-order valence-corrected chi connectivity index (χ2v) is 5.56. The SMILES string of the molecule is COc1cccc(CN2CCNCC2(C)C)c1OC. The lowest BCUT2D eigenvalue weighted by Crippen LogP contribution is -2.57. The molecular weight excluding hydrogens is 240 g/mol. The minimum absolute atomic E-state index is 0.159. The van der Waals surface area contributed by atoms with Crippen molar-refractivity contribution in [1.29, 1.82) is 0 Å². The van der Waals surface area contributed by atoms with Gasteiger partial charge in [0, 0.05) is 37.3 Å². The van der Waals surface area contributed by atoms with Crippen LogP contribution in [0, 0.1) is 0 Å². The van der Waals surface area contributed by atoms with Gasteiger partial charge in [-0.2, -0.15) is 0 Å². The van der Waals surface area contributed by atoms with E-state index in [1.807, 2.05) is 12.1 Å². The predicted octanol–water partition coefficient (Wildman–Crippen LogP) is 1.89. The number of benzene rings is 1. The number of nitrogens with zero attached hydrogens (tertiary/aromatic N) is 1. The molecule has 1 N–H and O–H groups in total. The Balaban J connectivity index is 2.23. The van der Waals surface area contributed by atoms with Gasteiger partial charge in [-0.05, 0) is 19.9 Å². The Morgan fingerprint density at radius 3 is 2.68 bits per heavy atom. The lowest BCUT2D eigenvalue weighted by Gasteiger charge is -2.43. The Morgan fingerprint density at radius 2 is 2.05 bits per heavy atom. The molecule has 0 saturated carbocycles. The molecule has 1 fully saturated rings. The standard InChI is InChI=1S/C15H24N2O2/c1-15(2)11-16-8-9-17(15)10-12-6-5-7-13(18-3)14(12)19-4/h5-7,16H,8-11H2,1-4H3. The van der Waals surface area contributed by atoms with Crippen LogP contribution in [0.5, 0.6) is 11.5 Å². The van der Waals surface area contributed by atoms with Crippen LogP contribution in [0.4, 0.5) is 0 Å². The van der Waals surface area contributed by atoms with Gasteiger partial charge in [-0.25, -0.2) is 0 Å². The maximum absolute atomic E-state index is 5.51. The van der Waals surface area contributed by atoms with Crippen LogP contribution in [0.25, 0.3) is 0 Å². The molecule has 1 aliphatic rings. The molecule has 1 aromatic rings. The van der Waals surface area contributed by atoms with Crippen molar-refractivity contribution in [2.24, 2.45) is 0 Å². The Hall–Kier alpha value is -1.26. The zero-order valence-electron chi connectivity index (χ0n) is 12.3. The van der Waals surface area contributed by atoms with Crippen molar-refractivity contribution in [3.05, 3.63) is 23.8 Å². The normalized spacial score (nSPS) is 19.2. The third kappa shape index (κ3) is 3.01. The molecule has 1 heterocycles. The van der Waals surface area contributed by atoms with Crippen molar-refractivity contribution >= 4 is 0 Å². The largest absolute Gasteiger partial charge is 0.493 e. The van der Waals surface area contributed by atoms with Crippen molar-refractivity contribution in [3.8, 4) is 11.5 Å². The first-order valence-electron chi connectivity index (χ1n) is 6.74. The van der Waals surface area contributed by atoms with E-state index in [2.05, 4.69) is 30.1 Å². The van der Waals surface area contributed by atoms with Gasteiger partial charge < -0.3 is 14.8 Å². The number of rotatable bonds is 4. The molecule has 0 aliphatic carbocycles. The highest BCUT2D eigenvalue weighted by atomic mass is 16.5. The van der Waals surface area contributed by atoms with Gasteiger partial charge in [0.15, 0.2) is 11.5 Å². The summed E-state index contributed by atoms with van der Waals surface area (Å²) in [7, 11) is 3.38. The van der Waals surface area contributed by atoms with E-state index in [9.17, 15) is 0 Å². The summed E-state index contributed by atoms with van der Waals surface area (Å²) in [6.07, 6.45) is 0. The fourth-order valence-corrected chi connectivity index (χ4v) is 2.60. The molecule has 1 aliphatic heterocycles. The second kappa shape index (κ2) is 5.80. The highest BCUT2D eigenvalue weighted by molar-refractivity contribution is 5.46. The summed E-state index contributed by atoms with van der Waals surface area (Å²) in [6, 6.07) is 6.07. The van der Waals surface area contributed by atoms with Gasteiger partial charge in [0.05, 0.1) is 14.2 Å². The molecule has 0 atom stereocenters. The summed E-state index contributed by atoms with van der Waals surface area (Å²) in [5.41, 5.74) is 1.34. The zero-order chi connectivity index (χ0) is 13.9. The fraction of sp³-hybridized carbons (Fsp3) is 0.600. The molecule has 0 radical (unpaired) electrons.